The molecule has 0 radical (unpaired) electrons. The maximum Gasteiger partial charge on any atom is 0.306 e. The summed E-state index contributed by atoms with van der Waals surface area (Å²) >= 11 is 0. The van der Waals surface area contributed by atoms with Crippen molar-refractivity contribution in [2.75, 3.05) is 13.2 Å². The lowest BCUT2D eigenvalue weighted by Gasteiger charge is -2.18. The van der Waals surface area contributed by atoms with Crippen molar-refractivity contribution in [1.82, 2.24) is 0 Å². The Morgan fingerprint density at radius 3 is 1.21 bits per heavy atom. The highest BCUT2D eigenvalue weighted by molar-refractivity contribution is 5.71. The summed E-state index contributed by atoms with van der Waals surface area (Å²) in [6.45, 7) is 6.21. The van der Waals surface area contributed by atoms with Gasteiger partial charge in [-0.1, -0.05) is 182 Å². The summed E-state index contributed by atoms with van der Waals surface area (Å²) in [6.07, 6.45) is 57.9. The zero-order valence-corrected chi connectivity index (χ0v) is 35.6. The largest absolute Gasteiger partial charge is 0.462 e. The summed E-state index contributed by atoms with van der Waals surface area (Å²) in [5, 5.41) is 0. The molecule has 0 aliphatic heterocycles. The molecule has 6 nitrogen and oxygen atoms in total. The first-order valence-corrected chi connectivity index (χ1v) is 22.0. The standard InChI is InChI=1S/C50H78O6/c1-4-7-10-13-16-19-22-25-28-31-34-37-40-43-49(52)55-46-47(45-54-48(51)42-39-36-33-30-27-24-21-18-15-12-9-6-3)56-50(53)44-41-38-35-32-29-26-23-20-17-14-11-8-5-2/h7-8,10-11,13-14,16-23,25,28,31,34,47H,4-6,9,12,15,24,26-27,29-30,32-33,35-46H2,1-3H3/b10-7-,11-8-,16-13-,17-14-,21-18-,22-19-,23-20-,28-25-,34-31-. The molecule has 314 valence electrons. The Kier molecular flexibility index (Phi) is 40.7. The fourth-order valence-corrected chi connectivity index (χ4v) is 5.41. The minimum absolute atomic E-state index is 0.116. The molecule has 0 fully saturated rings. The molecule has 0 rings (SSSR count). The molecule has 0 heterocycles. The first-order chi connectivity index (χ1) is 27.5. The molecule has 1 atom stereocenters. The van der Waals surface area contributed by atoms with Gasteiger partial charge in [0.2, 0.25) is 0 Å². The Hall–Kier alpha value is -3.93. The van der Waals surface area contributed by atoms with Crippen LogP contribution in [0.5, 0.6) is 0 Å². The topological polar surface area (TPSA) is 78.9 Å². The Bertz CT molecular complexity index is 1210. The Balaban J connectivity index is 4.58. The lowest BCUT2D eigenvalue weighted by molar-refractivity contribution is -0.167. The van der Waals surface area contributed by atoms with E-state index in [0.29, 0.717) is 12.8 Å². The van der Waals surface area contributed by atoms with E-state index in [9.17, 15) is 14.4 Å². The number of hydrogen-bond donors (Lipinski definition) is 0. The molecule has 1 unspecified atom stereocenters. The molecule has 0 aliphatic carbocycles. The molecule has 0 saturated carbocycles. The molecular formula is C50H78O6. The number of carbonyl (C=O) groups excluding carboxylic acids is 3. The molecular weight excluding hydrogens is 697 g/mol. The van der Waals surface area contributed by atoms with Gasteiger partial charge in [-0.15, -0.1) is 0 Å². The zero-order valence-electron chi connectivity index (χ0n) is 35.6. The van der Waals surface area contributed by atoms with E-state index in [1.165, 1.54) is 32.1 Å². The van der Waals surface area contributed by atoms with Crippen molar-refractivity contribution in [3.8, 4) is 0 Å². The number of ether oxygens (including phenoxy) is 3. The van der Waals surface area contributed by atoms with Crippen LogP contribution in [-0.4, -0.2) is 37.2 Å². The predicted octanol–water partition coefficient (Wildman–Crippen LogP) is 14.0. The van der Waals surface area contributed by atoms with Crippen LogP contribution < -0.4 is 0 Å². The molecule has 0 saturated heterocycles. The second-order valence-corrected chi connectivity index (χ2v) is 14.0. The summed E-state index contributed by atoms with van der Waals surface area (Å²) in [7, 11) is 0. The number of esters is 3. The minimum atomic E-state index is -0.820. The van der Waals surface area contributed by atoms with Crippen molar-refractivity contribution < 1.29 is 28.6 Å². The highest BCUT2D eigenvalue weighted by atomic mass is 16.6. The van der Waals surface area contributed by atoms with Crippen LogP contribution in [0.1, 0.15) is 168 Å². The van der Waals surface area contributed by atoms with Gasteiger partial charge in [-0.3, -0.25) is 14.4 Å². The number of rotatable bonds is 37. The monoisotopic (exact) mass is 775 g/mol. The van der Waals surface area contributed by atoms with Gasteiger partial charge in [0, 0.05) is 19.3 Å². The summed E-state index contributed by atoms with van der Waals surface area (Å²) in [5.41, 5.74) is 0. The molecule has 0 N–H and O–H groups in total. The third kappa shape index (κ3) is 41.2. The number of unbranched alkanes of at least 4 members (excludes halogenated alkanes) is 14. The maximum absolute atomic E-state index is 12.7. The Morgan fingerprint density at radius 1 is 0.375 bits per heavy atom. The number of hydrogen-bond acceptors (Lipinski definition) is 6. The van der Waals surface area contributed by atoms with Gasteiger partial charge >= 0.3 is 17.9 Å². The van der Waals surface area contributed by atoms with Crippen molar-refractivity contribution >= 4 is 17.9 Å². The summed E-state index contributed by atoms with van der Waals surface area (Å²) in [5.74, 6) is -1.04. The third-order valence-corrected chi connectivity index (χ3v) is 8.68. The molecule has 0 aromatic rings. The second kappa shape index (κ2) is 43.8. The van der Waals surface area contributed by atoms with Crippen molar-refractivity contribution in [3.63, 3.8) is 0 Å². The van der Waals surface area contributed by atoms with Crippen molar-refractivity contribution in [2.45, 2.75) is 175 Å². The van der Waals surface area contributed by atoms with Crippen LogP contribution >= 0.6 is 0 Å². The van der Waals surface area contributed by atoms with E-state index in [-0.39, 0.29) is 44.0 Å². The van der Waals surface area contributed by atoms with Gasteiger partial charge in [-0.25, -0.2) is 0 Å². The fraction of sp³-hybridized carbons (Fsp3) is 0.580. The minimum Gasteiger partial charge on any atom is -0.462 e. The van der Waals surface area contributed by atoms with Crippen molar-refractivity contribution in [2.24, 2.45) is 0 Å². The van der Waals surface area contributed by atoms with E-state index in [0.717, 1.165) is 89.9 Å². The molecule has 0 aliphatic rings. The Morgan fingerprint density at radius 2 is 0.732 bits per heavy atom. The van der Waals surface area contributed by atoms with Gasteiger partial charge in [-0.05, 0) is 77.0 Å². The van der Waals surface area contributed by atoms with Gasteiger partial charge < -0.3 is 14.2 Å². The number of allylic oxidation sites excluding steroid dienone is 18. The first kappa shape index (κ1) is 52.1. The average molecular weight is 775 g/mol. The van der Waals surface area contributed by atoms with E-state index in [1.807, 2.05) is 60.8 Å². The van der Waals surface area contributed by atoms with Gasteiger partial charge in [0.1, 0.15) is 13.2 Å². The quantitative estimate of drug-likeness (QED) is 0.0206. The van der Waals surface area contributed by atoms with Crippen LogP contribution in [-0.2, 0) is 28.6 Å². The van der Waals surface area contributed by atoms with Crippen molar-refractivity contribution in [3.05, 3.63) is 109 Å². The van der Waals surface area contributed by atoms with Crippen LogP contribution in [0.3, 0.4) is 0 Å². The lowest BCUT2D eigenvalue weighted by Crippen LogP contribution is -2.30. The Labute approximate surface area is 342 Å². The van der Waals surface area contributed by atoms with E-state index in [4.69, 9.17) is 14.2 Å². The van der Waals surface area contributed by atoms with E-state index in [2.05, 4.69) is 69.4 Å². The summed E-state index contributed by atoms with van der Waals surface area (Å²) < 4.78 is 16.6. The fourth-order valence-electron chi connectivity index (χ4n) is 5.41. The van der Waals surface area contributed by atoms with Gasteiger partial charge in [0.05, 0.1) is 0 Å². The summed E-state index contributed by atoms with van der Waals surface area (Å²) in [6, 6.07) is 0. The van der Waals surface area contributed by atoms with Crippen LogP contribution in [0.15, 0.2) is 109 Å². The van der Waals surface area contributed by atoms with Crippen molar-refractivity contribution in [1.29, 1.82) is 0 Å². The molecule has 0 amide bonds. The van der Waals surface area contributed by atoms with Crippen LogP contribution in [0.2, 0.25) is 0 Å². The SMILES string of the molecule is CC\C=C/C=C\C=C/C=C\C=C/CCCC(=O)OCC(COC(=O)CCCCCCC/C=C\CCCCC)OC(=O)CCCCCCC\C=C/C=C\C=C/CC. The van der Waals surface area contributed by atoms with Crippen LogP contribution in [0.4, 0.5) is 0 Å². The van der Waals surface area contributed by atoms with Gasteiger partial charge in [0.15, 0.2) is 6.10 Å². The van der Waals surface area contributed by atoms with E-state index >= 15 is 0 Å². The molecule has 0 bridgehead atoms. The van der Waals surface area contributed by atoms with E-state index < -0.39 is 6.10 Å². The molecule has 0 aromatic heterocycles. The van der Waals surface area contributed by atoms with Gasteiger partial charge in [0.25, 0.3) is 0 Å². The normalized spacial score (nSPS) is 13.1. The molecule has 56 heavy (non-hydrogen) atoms. The molecule has 0 spiro atoms. The smallest absolute Gasteiger partial charge is 0.306 e. The van der Waals surface area contributed by atoms with E-state index in [1.54, 1.807) is 0 Å². The highest BCUT2D eigenvalue weighted by Crippen LogP contribution is 2.12. The second-order valence-electron chi connectivity index (χ2n) is 14.0. The average Bonchev–Trinajstić information content (AvgIpc) is 3.19. The maximum atomic E-state index is 12.7. The van der Waals surface area contributed by atoms with Crippen LogP contribution in [0.25, 0.3) is 0 Å². The molecule has 0 aromatic carbocycles. The van der Waals surface area contributed by atoms with Crippen LogP contribution in [0, 0.1) is 0 Å². The predicted molar refractivity (Wildman–Crippen MR) is 237 cm³/mol. The number of carbonyl (C=O) groups is 3. The summed E-state index contributed by atoms with van der Waals surface area (Å²) in [4.78, 5) is 37.7. The third-order valence-electron chi connectivity index (χ3n) is 8.68. The lowest BCUT2D eigenvalue weighted by atomic mass is 10.1. The molecule has 6 heteroatoms. The highest BCUT2D eigenvalue weighted by Gasteiger charge is 2.19. The first-order valence-electron chi connectivity index (χ1n) is 22.0. The van der Waals surface area contributed by atoms with Gasteiger partial charge in [-0.2, -0.15) is 0 Å². The zero-order chi connectivity index (χ0) is 40.8.